The van der Waals surface area contributed by atoms with Crippen molar-refractivity contribution in [2.24, 2.45) is 5.73 Å². The van der Waals surface area contributed by atoms with Crippen LogP contribution in [0.5, 0.6) is 0 Å². The van der Waals surface area contributed by atoms with Crippen LogP contribution in [-0.2, 0) is 13.1 Å². The molecule has 18 heavy (non-hydrogen) atoms. The van der Waals surface area contributed by atoms with Gasteiger partial charge < -0.3 is 10.8 Å². The maximum atomic E-state index is 10.9. The Morgan fingerprint density at radius 2 is 2.28 bits per heavy atom. The van der Waals surface area contributed by atoms with E-state index in [1.165, 1.54) is 4.68 Å². The molecule has 1 aromatic heterocycles. The molecule has 0 atom stereocenters. The standard InChI is InChI=1S/C11H11BrN4O2/c12-8-3-1-2-7(4-8)6-16-9(5-13)10(11(17)18)14-15-16/h1-4H,5-6,13H2,(H,17,18). The van der Waals surface area contributed by atoms with Gasteiger partial charge in [-0.05, 0) is 17.7 Å². The molecule has 0 radical (unpaired) electrons. The number of nitrogens with two attached hydrogens (primary N) is 1. The van der Waals surface area contributed by atoms with Crippen molar-refractivity contribution in [1.82, 2.24) is 15.0 Å². The summed E-state index contributed by atoms with van der Waals surface area (Å²) in [7, 11) is 0. The minimum absolute atomic E-state index is 0.0859. The number of hydrogen-bond acceptors (Lipinski definition) is 4. The number of aromatic carboxylic acids is 1. The molecule has 0 spiro atoms. The predicted octanol–water partition coefficient (Wildman–Crippen LogP) is 1.25. The molecule has 2 rings (SSSR count). The van der Waals surface area contributed by atoms with Crippen LogP contribution in [0.15, 0.2) is 28.7 Å². The van der Waals surface area contributed by atoms with E-state index in [-0.39, 0.29) is 12.2 Å². The summed E-state index contributed by atoms with van der Waals surface area (Å²) in [5.74, 6) is -1.11. The van der Waals surface area contributed by atoms with Crippen molar-refractivity contribution < 1.29 is 9.90 Å². The number of benzene rings is 1. The summed E-state index contributed by atoms with van der Waals surface area (Å²) >= 11 is 3.38. The van der Waals surface area contributed by atoms with E-state index >= 15 is 0 Å². The lowest BCUT2D eigenvalue weighted by molar-refractivity contribution is 0.0689. The average molecular weight is 311 g/mol. The molecule has 7 heteroatoms. The Balaban J connectivity index is 2.32. The van der Waals surface area contributed by atoms with Crippen molar-refractivity contribution in [3.8, 4) is 0 Å². The Morgan fingerprint density at radius 3 is 2.89 bits per heavy atom. The largest absolute Gasteiger partial charge is 0.476 e. The Morgan fingerprint density at radius 1 is 1.50 bits per heavy atom. The number of carboxylic acids is 1. The molecule has 1 heterocycles. The molecular weight excluding hydrogens is 300 g/mol. The number of carbonyl (C=O) groups is 1. The SMILES string of the molecule is NCc1c(C(=O)O)nnn1Cc1cccc(Br)c1. The van der Waals surface area contributed by atoms with Crippen molar-refractivity contribution in [3.05, 3.63) is 45.7 Å². The molecule has 0 saturated heterocycles. The number of carboxylic acid groups (broad SMARTS) is 1. The zero-order valence-electron chi connectivity index (χ0n) is 9.38. The first kappa shape index (κ1) is 12.7. The lowest BCUT2D eigenvalue weighted by Gasteiger charge is -2.05. The van der Waals surface area contributed by atoms with E-state index in [9.17, 15) is 4.79 Å². The second-order valence-corrected chi connectivity index (χ2v) is 4.60. The maximum absolute atomic E-state index is 10.9. The lowest BCUT2D eigenvalue weighted by Crippen LogP contribution is -2.13. The van der Waals surface area contributed by atoms with E-state index in [1.54, 1.807) is 0 Å². The first-order chi connectivity index (χ1) is 8.61. The van der Waals surface area contributed by atoms with Gasteiger partial charge in [0.15, 0.2) is 5.69 Å². The van der Waals surface area contributed by atoms with E-state index in [0.717, 1.165) is 10.0 Å². The topological polar surface area (TPSA) is 94.0 Å². The van der Waals surface area contributed by atoms with Crippen LogP contribution in [0.1, 0.15) is 21.7 Å². The lowest BCUT2D eigenvalue weighted by atomic mass is 10.2. The van der Waals surface area contributed by atoms with Crippen molar-refractivity contribution in [2.75, 3.05) is 0 Å². The minimum Gasteiger partial charge on any atom is -0.476 e. The second kappa shape index (κ2) is 5.28. The molecular formula is C11H11BrN4O2. The molecule has 0 bridgehead atoms. The molecule has 0 saturated carbocycles. The third-order valence-electron chi connectivity index (χ3n) is 2.45. The summed E-state index contributed by atoms with van der Waals surface area (Å²) in [6.45, 7) is 0.523. The predicted molar refractivity (Wildman–Crippen MR) is 68.1 cm³/mol. The molecule has 0 unspecified atom stereocenters. The Kier molecular flexibility index (Phi) is 3.73. The van der Waals surface area contributed by atoms with E-state index in [1.807, 2.05) is 24.3 Å². The van der Waals surface area contributed by atoms with E-state index < -0.39 is 5.97 Å². The van der Waals surface area contributed by atoms with Crippen LogP contribution in [0.3, 0.4) is 0 Å². The summed E-state index contributed by atoms with van der Waals surface area (Å²) in [6, 6.07) is 7.67. The highest BCUT2D eigenvalue weighted by molar-refractivity contribution is 9.10. The Labute approximate surface area is 112 Å². The van der Waals surface area contributed by atoms with Gasteiger partial charge in [-0.3, -0.25) is 0 Å². The fourth-order valence-electron chi connectivity index (χ4n) is 1.64. The number of rotatable bonds is 4. The molecule has 94 valence electrons. The molecule has 0 amide bonds. The second-order valence-electron chi connectivity index (χ2n) is 3.68. The van der Waals surface area contributed by atoms with Crippen LogP contribution < -0.4 is 5.73 Å². The van der Waals surface area contributed by atoms with Gasteiger partial charge in [-0.1, -0.05) is 33.3 Å². The zero-order chi connectivity index (χ0) is 13.1. The van der Waals surface area contributed by atoms with Gasteiger partial charge in [0.05, 0.1) is 12.2 Å². The molecule has 0 fully saturated rings. The van der Waals surface area contributed by atoms with Crippen LogP contribution in [0.4, 0.5) is 0 Å². The highest BCUT2D eigenvalue weighted by Gasteiger charge is 2.17. The van der Waals surface area contributed by atoms with Gasteiger partial charge >= 0.3 is 5.97 Å². The van der Waals surface area contributed by atoms with Gasteiger partial charge in [-0.15, -0.1) is 5.10 Å². The summed E-state index contributed by atoms with van der Waals surface area (Å²) in [5, 5.41) is 16.4. The number of aromatic nitrogens is 3. The Hall–Kier alpha value is -1.73. The van der Waals surface area contributed by atoms with E-state index in [0.29, 0.717) is 12.2 Å². The third kappa shape index (κ3) is 2.57. The molecule has 2 aromatic rings. The quantitative estimate of drug-likeness (QED) is 0.886. The minimum atomic E-state index is -1.11. The molecule has 0 aliphatic heterocycles. The summed E-state index contributed by atoms with van der Waals surface area (Å²) in [6.07, 6.45) is 0. The van der Waals surface area contributed by atoms with Gasteiger partial charge in [-0.25, -0.2) is 9.48 Å². The van der Waals surface area contributed by atoms with Crippen LogP contribution in [-0.4, -0.2) is 26.1 Å². The van der Waals surface area contributed by atoms with E-state index in [4.69, 9.17) is 10.8 Å². The number of nitrogens with zero attached hydrogens (tertiary/aromatic N) is 3. The molecule has 1 aromatic carbocycles. The highest BCUT2D eigenvalue weighted by Crippen LogP contribution is 2.14. The van der Waals surface area contributed by atoms with Gasteiger partial charge in [0.25, 0.3) is 0 Å². The fourth-order valence-corrected chi connectivity index (χ4v) is 2.08. The molecule has 0 aliphatic rings. The fraction of sp³-hybridized carbons (Fsp3) is 0.182. The van der Waals surface area contributed by atoms with Crippen molar-refractivity contribution in [3.63, 3.8) is 0 Å². The smallest absolute Gasteiger partial charge is 0.358 e. The van der Waals surface area contributed by atoms with Crippen LogP contribution in [0, 0.1) is 0 Å². The molecule has 0 aliphatic carbocycles. The molecule has 3 N–H and O–H groups in total. The summed E-state index contributed by atoms with van der Waals surface area (Å²) < 4.78 is 2.46. The number of hydrogen-bond donors (Lipinski definition) is 2. The Bertz CT molecular complexity index is 582. The normalized spacial score (nSPS) is 10.6. The van der Waals surface area contributed by atoms with Gasteiger partial charge in [0.1, 0.15) is 0 Å². The first-order valence-corrected chi connectivity index (χ1v) is 6.01. The van der Waals surface area contributed by atoms with Crippen molar-refractivity contribution >= 4 is 21.9 Å². The van der Waals surface area contributed by atoms with Gasteiger partial charge in [0.2, 0.25) is 0 Å². The van der Waals surface area contributed by atoms with Crippen LogP contribution in [0.25, 0.3) is 0 Å². The summed E-state index contributed by atoms with van der Waals surface area (Å²) in [5.41, 5.74) is 6.86. The zero-order valence-corrected chi connectivity index (χ0v) is 11.0. The average Bonchev–Trinajstić information content (AvgIpc) is 2.72. The van der Waals surface area contributed by atoms with Crippen molar-refractivity contribution in [1.29, 1.82) is 0 Å². The van der Waals surface area contributed by atoms with Crippen molar-refractivity contribution in [2.45, 2.75) is 13.1 Å². The summed E-state index contributed by atoms with van der Waals surface area (Å²) in [4.78, 5) is 10.9. The first-order valence-electron chi connectivity index (χ1n) is 5.22. The third-order valence-corrected chi connectivity index (χ3v) is 2.95. The molecule has 6 nitrogen and oxygen atoms in total. The van der Waals surface area contributed by atoms with Crippen LogP contribution in [0.2, 0.25) is 0 Å². The monoisotopic (exact) mass is 310 g/mol. The van der Waals surface area contributed by atoms with E-state index in [2.05, 4.69) is 26.2 Å². The van der Waals surface area contributed by atoms with Gasteiger partial charge in [-0.2, -0.15) is 0 Å². The number of halogens is 1. The highest BCUT2D eigenvalue weighted by atomic mass is 79.9. The maximum Gasteiger partial charge on any atom is 0.358 e. The van der Waals surface area contributed by atoms with Crippen LogP contribution >= 0.6 is 15.9 Å². The van der Waals surface area contributed by atoms with Gasteiger partial charge in [0, 0.05) is 11.0 Å².